The Bertz CT molecular complexity index is 213. The molecule has 0 aliphatic carbocycles. The first kappa shape index (κ1) is 10.5. The van der Waals surface area contributed by atoms with Crippen molar-refractivity contribution in [3.05, 3.63) is 0 Å². The number of carbonyl (C=O) groups is 1. The molecule has 0 saturated carbocycles. The van der Waals surface area contributed by atoms with Crippen molar-refractivity contribution in [2.75, 3.05) is 13.7 Å². The Kier molecular flexibility index (Phi) is 2.66. The van der Waals surface area contributed by atoms with Crippen molar-refractivity contribution in [2.45, 2.75) is 39.2 Å². The Hall–Kier alpha value is -0.570. The molecule has 0 aromatic rings. The van der Waals surface area contributed by atoms with Crippen molar-refractivity contribution in [1.29, 1.82) is 0 Å². The summed E-state index contributed by atoms with van der Waals surface area (Å²) in [6.07, 6.45) is 1.55. The highest BCUT2D eigenvalue weighted by Crippen LogP contribution is 2.42. The summed E-state index contributed by atoms with van der Waals surface area (Å²) in [6.45, 7) is 6.90. The number of hydrogen-bond donors (Lipinski definition) is 1. The fraction of sp³-hybridized carbons (Fsp3) is 0.900. The zero-order valence-corrected chi connectivity index (χ0v) is 8.94. The molecule has 0 aromatic carbocycles. The maximum absolute atomic E-state index is 11.3. The summed E-state index contributed by atoms with van der Waals surface area (Å²) in [5, 5.41) is 3.00. The van der Waals surface area contributed by atoms with Gasteiger partial charge >= 0.3 is 0 Å². The standard InChI is InChI=1S/C10H19NO2/c1-5-10(7-13-4)6-8(12)11-9(10,2)3/h5-7H2,1-4H3,(H,11,12). The predicted octanol–water partition coefficient (Wildman–Crippen LogP) is 1.33. The van der Waals surface area contributed by atoms with Crippen LogP contribution >= 0.6 is 0 Å². The molecule has 1 heterocycles. The van der Waals surface area contributed by atoms with Crippen LogP contribution in [0.2, 0.25) is 0 Å². The maximum atomic E-state index is 11.3. The highest BCUT2D eigenvalue weighted by atomic mass is 16.5. The Morgan fingerprint density at radius 1 is 1.54 bits per heavy atom. The number of hydrogen-bond acceptors (Lipinski definition) is 2. The molecule has 0 radical (unpaired) electrons. The summed E-state index contributed by atoms with van der Waals surface area (Å²) in [5.41, 5.74) is -0.173. The van der Waals surface area contributed by atoms with Crippen LogP contribution in [-0.2, 0) is 9.53 Å². The van der Waals surface area contributed by atoms with E-state index in [1.807, 2.05) is 0 Å². The van der Waals surface area contributed by atoms with Gasteiger partial charge in [0.15, 0.2) is 0 Å². The van der Waals surface area contributed by atoms with E-state index in [0.29, 0.717) is 13.0 Å². The van der Waals surface area contributed by atoms with E-state index in [1.165, 1.54) is 0 Å². The van der Waals surface area contributed by atoms with Gasteiger partial charge in [0.1, 0.15) is 0 Å². The van der Waals surface area contributed by atoms with Gasteiger partial charge in [0, 0.05) is 24.5 Å². The van der Waals surface area contributed by atoms with Crippen LogP contribution in [0.25, 0.3) is 0 Å². The second-order valence-corrected chi connectivity index (χ2v) is 4.42. The van der Waals surface area contributed by atoms with Gasteiger partial charge in [-0.3, -0.25) is 4.79 Å². The summed E-state index contributed by atoms with van der Waals surface area (Å²) < 4.78 is 5.21. The predicted molar refractivity (Wildman–Crippen MR) is 51.4 cm³/mol. The molecule has 1 aliphatic heterocycles. The number of rotatable bonds is 3. The largest absolute Gasteiger partial charge is 0.384 e. The zero-order chi connectivity index (χ0) is 10.1. The lowest BCUT2D eigenvalue weighted by Crippen LogP contribution is -2.49. The highest BCUT2D eigenvalue weighted by Gasteiger charge is 2.51. The van der Waals surface area contributed by atoms with Crippen LogP contribution < -0.4 is 5.32 Å². The van der Waals surface area contributed by atoms with E-state index in [2.05, 4.69) is 26.1 Å². The van der Waals surface area contributed by atoms with Crippen LogP contribution in [-0.4, -0.2) is 25.2 Å². The number of ether oxygens (including phenoxy) is 1. The van der Waals surface area contributed by atoms with Gasteiger partial charge in [-0.1, -0.05) is 6.92 Å². The van der Waals surface area contributed by atoms with Gasteiger partial charge in [-0.15, -0.1) is 0 Å². The van der Waals surface area contributed by atoms with E-state index in [-0.39, 0.29) is 16.9 Å². The van der Waals surface area contributed by atoms with Crippen LogP contribution in [0.3, 0.4) is 0 Å². The average Bonchev–Trinajstić information content (AvgIpc) is 2.22. The second-order valence-electron chi connectivity index (χ2n) is 4.42. The Morgan fingerprint density at radius 2 is 2.15 bits per heavy atom. The van der Waals surface area contributed by atoms with E-state index >= 15 is 0 Å². The molecule has 3 heteroatoms. The number of carbonyl (C=O) groups excluding carboxylic acids is 1. The molecule has 3 nitrogen and oxygen atoms in total. The van der Waals surface area contributed by atoms with Crippen molar-refractivity contribution in [3.63, 3.8) is 0 Å². The molecule has 0 spiro atoms. The van der Waals surface area contributed by atoms with Crippen molar-refractivity contribution < 1.29 is 9.53 Å². The van der Waals surface area contributed by atoms with E-state index in [9.17, 15) is 4.79 Å². The van der Waals surface area contributed by atoms with E-state index in [0.717, 1.165) is 6.42 Å². The first-order valence-corrected chi connectivity index (χ1v) is 4.77. The monoisotopic (exact) mass is 185 g/mol. The van der Waals surface area contributed by atoms with Crippen molar-refractivity contribution in [3.8, 4) is 0 Å². The fourth-order valence-electron chi connectivity index (χ4n) is 2.23. The molecule has 13 heavy (non-hydrogen) atoms. The molecule has 1 amide bonds. The van der Waals surface area contributed by atoms with Gasteiger partial charge in [-0.05, 0) is 20.3 Å². The van der Waals surface area contributed by atoms with Crippen LogP contribution in [0.15, 0.2) is 0 Å². The number of methoxy groups -OCH3 is 1. The summed E-state index contributed by atoms with van der Waals surface area (Å²) >= 11 is 0. The van der Waals surface area contributed by atoms with E-state index in [1.54, 1.807) is 7.11 Å². The molecule has 1 saturated heterocycles. The van der Waals surface area contributed by atoms with Gasteiger partial charge < -0.3 is 10.1 Å². The first-order valence-electron chi connectivity index (χ1n) is 4.77. The first-order chi connectivity index (χ1) is 5.97. The summed E-state index contributed by atoms with van der Waals surface area (Å²) in [4.78, 5) is 11.3. The van der Waals surface area contributed by atoms with Gasteiger partial charge in [-0.25, -0.2) is 0 Å². The van der Waals surface area contributed by atoms with E-state index < -0.39 is 0 Å². The lowest BCUT2D eigenvalue weighted by molar-refractivity contribution is -0.120. The molecule has 76 valence electrons. The SMILES string of the molecule is CCC1(COC)CC(=O)NC1(C)C. The summed E-state index contributed by atoms with van der Waals surface area (Å²) in [7, 11) is 1.69. The molecular formula is C10H19NO2. The van der Waals surface area contributed by atoms with E-state index in [4.69, 9.17) is 4.74 Å². The topological polar surface area (TPSA) is 38.3 Å². The molecule has 1 N–H and O–H groups in total. The normalized spacial score (nSPS) is 31.8. The molecular weight excluding hydrogens is 166 g/mol. The van der Waals surface area contributed by atoms with Gasteiger partial charge in [-0.2, -0.15) is 0 Å². The third-order valence-corrected chi connectivity index (χ3v) is 3.37. The minimum atomic E-state index is -0.144. The minimum Gasteiger partial charge on any atom is -0.384 e. The van der Waals surface area contributed by atoms with Crippen molar-refractivity contribution in [1.82, 2.24) is 5.32 Å². The van der Waals surface area contributed by atoms with Gasteiger partial charge in [0.2, 0.25) is 5.91 Å². The Balaban J connectivity index is 2.90. The third-order valence-electron chi connectivity index (χ3n) is 3.37. The lowest BCUT2D eigenvalue weighted by atomic mass is 9.71. The third kappa shape index (κ3) is 1.57. The zero-order valence-electron chi connectivity index (χ0n) is 8.94. The summed E-state index contributed by atoms with van der Waals surface area (Å²) in [5.74, 6) is 0.143. The molecule has 1 unspecified atom stereocenters. The van der Waals surface area contributed by atoms with Gasteiger partial charge in [0.05, 0.1) is 6.61 Å². The smallest absolute Gasteiger partial charge is 0.221 e. The lowest BCUT2D eigenvalue weighted by Gasteiger charge is -2.38. The highest BCUT2D eigenvalue weighted by molar-refractivity contribution is 5.80. The molecule has 1 rings (SSSR count). The molecule has 0 bridgehead atoms. The maximum Gasteiger partial charge on any atom is 0.221 e. The Morgan fingerprint density at radius 3 is 2.46 bits per heavy atom. The molecule has 1 aliphatic rings. The number of nitrogens with one attached hydrogen (secondary N) is 1. The van der Waals surface area contributed by atoms with Crippen molar-refractivity contribution in [2.24, 2.45) is 5.41 Å². The second kappa shape index (κ2) is 3.29. The fourth-order valence-corrected chi connectivity index (χ4v) is 2.23. The molecule has 1 atom stereocenters. The van der Waals surface area contributed by atoms with Crippen LogP contribution in [0.4, 0.5) is 0 Å². The van der Waals surface area contributed by atoms with Crippen LogP contribution in [0.5, 0.6) is 0 Å². The minimum absolute atomic E-state index is 0.0289. The quantitative estimate of drug-likeness (QED) is 0.720. The van der Waals surface area contributed by atoms with Gasteiger partial charge in [0.25, 0.3) is 0 Å². The number of amides is 1. The molecule has 0 aromatic heterocycles. The van der Waals surface area contributed by atoms with Crippen LogP contribution in [0.1, 0.15) is 33.6 Å². The Labute approximate surface area is 79.8 Å². The molecule has 1 fully saturated rings. The summed E-state index contributed by atoms with van der Waals surface area (Å²) in [6, 6.07) is 0. The average molecular weight is 185 g/mol. The van der Waals surface area contributed by atoms with Crippen molar-refractivity contribution >= 4 is 5.91 Å². The van der Waals surface area contributed by atoms with Crippen LogP contribution in [0, 0.1) is 5.41 Å².